The highest BCUT2D eigenvalue weighted by Crippen LogP contribution is 2.25. The second kappa shape index (κ2) is 3.31. The number of hydrogen-bond donors (Lipinski definition) is 1. The lowest BCUT2D eigenvalue weighted by molar-refractivity contribution is 0.218. The van der Waals surface area contributed by atoms with Gasteiger partial charge in [0.25, 0.3) is 0 Å². The number of fused-ring (bicyclic) bond motifs is 1. The number of aliphatic hydroxyl groups excluding tert-OH is 1. The van der Waals surface area contributed by atoms with Gasteiger partial charge in [0.2, 0.25) is 0 Å². The molecule has 2 aromatic rings. The third-order valence-corrected chi connectivity index (χ3v) is 2.79. The Hall–Kier alpha value is -1.42. The lowest BCUT2D eigenvalue weighted by Crippen LogP contribution is -2.21. The molecule has 0 radical (unpaired) electrons. The number of hydrogen-bond acceptors (Lipinski definition) is 3. The minimum absolute atomic E-state index is 0.129. The molecule has 0 bridgehead atoms. The van der Waals surface area contributed by atoms with Crippen LogP contribution in [0.25, 0.3) is 11.0 Å². The predicted octanol–water partition coefficient (Wildman–Crippen LogP) is 1.24. The standard InChI is InChI=1S/C11H15N3O/c1-11(2,7-15)8-4-5-9-10(6-8)14(3)13-12-9/h4-6,15H,7H2,1-3H3. The maximum Gasteiger partial charge on any atom is 0.113 e. The van der Waals surface area contributed by atoms with Crippen LogP contribution < -0.4 is 0 Å². The normalized spacial score (nSPS) is 12.3. The maximum absolute atomic E-state index is 9.30. The van der Waals surface area contributed by atoms with E-state index in [0.29, 0.717) is 0 Å². The molecule has 4 nitrogen and oxygen atoms in total. The Kier molecular flexibility index (Phi) is 2.23. The van der Waals surface area contributed by atoms with Crippen molar-refractivity contribution in [3.8, 4) is 0 Å². The van der Waals surface area contributed by atoms with E-state index >= 15 is 0 Å². The van der Waals surface area contributed by atoms with Crippen molar-refractivity contribution < 1.29 is 5.11 Å². The van der Waals surface area contributed by atoms with E-state index in [2.05, 4.69) is 10.3 Å². The van der Waals surface area contributed by atoms with E-state index in [4.69, 9.17) is 0 Å². The zero-order valence-corrected chi connectivity index (χ0v) is 9.23. The fourth-order valence-electron chi connectivity index (χ4n) is 1.54. The van der Waals surface area contributed by atoms with Crippen LogP contribution in [0.2, 0.25) is 0 Å². The van der Waals surface area contributed by atoms with E-state index in [1.807, 2.05) is 39.1 Å². The number of benzene rings is 1. The largest absolute Gasteiger partial charge is 0.395 e. The summed E-state index contributed by atoms with van der Waals surface area (Å²) in [6.45, 7) is 4.15. The molecule has 2 rings (SSSR count). The van der Waals surface area contributed by atoms with Crippen LogP contribution in [0.5, 0.6) is 0 Å². The van der Waals surface area contributed by atoms with Gasteiger partial charge in [-0.3, -0.25) is 0 Å². The summed E-state index contributed by atoms with van der Waals surface area (Å²) >= 11 is 0. The first-order valence-electron chi connectivity index (χ1n) is 4.95. The van der Waals surface area contributed by atoms with Crippen molar-refractivity contribution in [3.05, 3.63) is 23.8 Å². The van der Waals surface area contributed by atoms with Crippen molar-refractivity contribution in [2.75, 3.05) is 6.61 Å². The van der Waals surface area contributed by atoms with Crippen molar-refractivity contribution in [2.24, 2.45) is 7.05 Å². The number of aromatic nitrogens is 3. The first-order chi connectivity index (χ1) is 7.04. The predicted molar refractivity (Wildman–Crippen MR) is 58.6 cm³/mol. The first kappa shape index (κ1) is 10.1. The zero-order chi connectivity index (χ0) is 11.1. The monoisotopic (exact) mass is 205 g/mol. The molecule has 0 aliphatic carbocycles. The van der Waals surface area contributed by atoms with Crippen LogP contribution in [0.3, 0.4) is 0 Å². The van der Waals surface area contributed by atoms with Gasteiger partial charge in [0.05, 0.1) is 12.1 Å². The molecule has 0 fully saturated rings. The van der Waals surface area contributed by atoms with Crippen LogP contribution in [0.15, 0.2) is 18.2 Å². The van der Waals surface area contributed by atoms with Crippen molar-refractivity contribution in [1.29, 1.82) is 0 Å². The highest BCUT2D eigenvalue weighted by molar-refractivity contribution is 5.75. The van der Waals surface area contributed by atoms with Gasteiger partial charge in [0.1, 0.15) is 5.52 Å². The van der Waals surface area contributed by atoms with Gasteiger partial charge < -0.3 is 5.11 Å². The maximum atomic E-state index is 9.30. The Morgan fingerprint density at radius 2 is 2.13 bits per heavy atom. The van der Waals surface area contributed by atoms with Gasteiger partial charge in [-0.1, -0.05) is 25.1 Å². The Labute approximate surface area is 88.5 Å². The Morgan fingerprint density at radius 3 is 2.80 bits per heavy atom. The van der Waals surface area contributed by atoms with Gasteiger partial charge in [-0.25, -0.2) is 4.68 Å². The van der Waals surface area contributed by atoms with Crippen LogP contribution in [-0.4, -0.2) is 26.7 Å². The second-order valence-electron chi connectivity index (χ2n) is 4.46. The summed E-state index contributed by atoms with van der Waals surface area (Å²) in [5, 5.41) is 17.3. The Morgan fingerprint density at radius 1 is 1.40 bits per heavy atom. The van der Waals surface area contributed by atoms with Crippen molar-refractivity contribution in [3.63, 3.8) is 0 Å². The molecule has 0 amide bonds. The molecule has 1 N–H and O–H groups in total. The van der Waals surface area contributed by atoms with E-state index < -0.39 is 0 Å². The summed E-state index contributed by atoms with van der Waals surface area (Å²) in [5.74, 6) is 0. The third kappa shape index (κ3) is 1.61. The van der Waals surface area contributed by atoms with Gasteiger partial charge in [-0.2, -0.15) is 0 Å². The minimum Gasteiger partial charge on any atom is -0.395 e. The van der Waals surface area contributed by atoms with Crippen molar-refractivity contribution in [1.82, 2.24) is 15.0 Å². The molecule has 1 aromatic heterocycles. The fourth-order valence-corrected chi connectivity index (χ4v) is 1.54. The van der Waals surface area contributed by atoms with Gasteiger partial charge in [0.15, 0.2) is 0 Å². The van der Waals surface area contributed by atoms with Crippen LogP contribution in [0, 0.1) is 0 Å². The average Bonchev–Trinajstić information content (AvgIpc) is 2.60. The molecular weight excluding hydrogens is 190 g/mol. The molecule has 0 spiro atoms. The van der Waals surface area contributed by atoms with Gasteiger partial charge in [-0.15, -0.1) is 5.10 Å². The van der Waals surface area contributed by atoms with E-state index in [0.717, 1.165) is 16.6 Å². The fraction of sp³-hybridized carbons (Fsp3) is 0.455. The lowest BCUT2D eigenvalue weighted by atomic mass is 9.85. The molecule has 0 aliphatic heterocycles. The van der Waals surface area contributed by atoms with Crippen LogP contribution in [0.4, 0.5) is 0 Å². The van der Waals surface area contributed by atoms with Crippen molar-refractivity contribution >= 4 is 11.0 Å². The highest BCUT2D eigenvalue weighted by atomic mass is 16.3. The smallest absolute Gasteiger partial charge is 0.113 e. The van der Waals surface area contributed by atoms with E-state index in [1.54, 1.807) is 4.68 Å². The molecule has 80 valence electrons. The minimum atomic E-state index is -0.224. The molecular formula is C11H15N3O. The zero-order valence-electron chi connectivity index (χ0n) is 9.23. The topological polar surface area (TPSA) is 50.9 Å². The quantitative estimate of drug-likeness (QED) is 0.802. The average molecular weight is 205 g/mol. The van der Waals surface area contributed by atoms with Crippen LogP contribution >= 0.6 is 0 Å². The van der Waals surface area contributed by atoms with Gasteiger partial charge in [-0.05, 0) is 17.7 Å². The molecule has 1 aromatic carbocycles. The van der Waals surface area contributed by atoms with E-state index in [-0.39, 0.29) is 12.0 Å². The van der Waals surface area contributed by atoms with Gasteiger partial charge in [0, 0.05) is 12.5 Å². The molecule has 4 heteroatoms. The lowest BCUT2D eigenvalue weighted by Gasteiger charge is -2.22. The number of aryl methyl sites for hydroxylation is 1. The molecule has 0 saturated carbocycles. The molecule has 0 unspecified atom stereocenters. The molecule has 0 saturated heterocycles. The summed E-state index contributed by atoms with van der Waals surface area (Å²) in [6.07, 6.45) is 0. The van der Waals surface area contributed by atoms with E-state index in [1.165, 1.54) is 0 Å². The van der Waals surface area contributed by atoms with Gasteiger partial charge >= 0.3 is 0 Å². The van der Waals surface area contributed by atoms with Crippen molar-refractivity contribution in [2.45, 2.75) is 19.3 Å². The van der Waals surface area contributed by atoms with E-state index in [9.17, 15) is 5.11 Å². The first-order valence-corrected chi connectivity index (χ1v) is 4.95. The highest BCUT2D eigenvalue weighted by Gasteiger charge is 2.20. The summed E-state index contributed by atoms with van der Waals surface area (Å²) < 4.78 is 1.74. The summed E-state index contributed by atoms with van der Waals surface area (Å²) in [6, 6.07) is 5.97. The summed E-state index contributed by atoms with van der Waals surface area (Å²) in [7, 11) is 1.87. The molecule has 0 aliphatic rings. The molecule has 1 heterocycles. The number of aliphatic hydroxyl groups is 1. The summed E-state index contributed by atoms with van der Waals surface area (Å²) in [4.78, 5) is 0. The summed E-state index contributed by atoms with van der Waals surface area (Å²) in [5.41, 5.74) is 2.75. The molecule has 0 atom stereocenters. The Bertz CT molecular complexity index is 488. The number of nitrogens with zero attached hydrogens (tertiary/aromatic N) is 3. The Balaban J connectivity index is 2.59. The van der Waals surface area contributed by atoms with Crippen LogP contribution in [0.1, 0.15) is 19.4 Å². The van der Waals surface area contributed by atoms with Crippen LogP contribution in [-0.2, 0) is 12.5 Å². The molecule has 15 heavy (non-hydrogen) atoms. The third-order valence-electron chi connectivity index (χ3n) is 2.79. The SMILES string of the molecule is Cn1nnc2ccc(C(C)(C)CO)cc21. The number of rotatable bonds is 2. The second-order valence-corrected chi connectivity index (χ2v) is 4.46.